The van der Waals surface area contributed by atoms with Crippen LogP contribution in [0.4, 0.5) is 5.69 Å². The molecule has 1 aromatic carbocycles. The fourth-order valence-electron chi connectivity index (χ4n) is 0.904. The Morgan fingerprint density at radius 3 is 2.73 bits per heavy atom. The first-order valence-electron chi connectivity index (χ1n) is 4.44. The summed E-state index contributed by atoms with van der Waals surface area (Å²) in [7, 11) is 0. The number of nitrogens with one attached hydrogen (secondary N) is 1. The van der Waals surface area contributed by atoms with E-state index in [1.54, 1.807) is 19.9 Å². The Morgan fingerprint density at radius 2 is 2.20 bits per heavy atom. The summed E-state index contributed by atoms with van der Waals surface area (Å²) in [6.07, 6.45) is 0. The second-order valence-electron chi connectivity index (χ2n) is 3.70. The predicted octanol–water partition coefficient (Wildman–Crippen LogP) is 2.78. The van der Waals surface area contributed by atoms with Crippen LogP contribution in [0.25, 0.3) is 0 Å². The minimum Gasteiger partial charge on any atom is -0.325 e. The molecule has 0 aliphatic carbocycles. The summed E-state index contributed by atoms with van der Waals surface area (Å²) < 4.78 is 1.04. The largest absolute Gasteiger partial charge is 0.325 e. The Morgan fingerprint density at radius 1 is 1.53 bits per heavy atom. The van der Waals surface area contributed by atoms with Crippen LogP contribution < -0.4 is 5.32 Å². The maximum atomic E-state index is 11.6. The van der Waals surface area contributed by atoms with E-state index in [0.29, 0.717) is 0 Å². The van der Waals surface area contributed by atoms with Crippen molar-refractivity contribution in [3.05, 3.63) is 27.8 Å². The molecule has 1 N–H and O–H groups in total. The quantitative estimate of drug-likeness (QED) is 0.854. The molecular weight excluding hydrogens is 303 g/mol. The number of benzene rings is 1. The molecule has 0 aliphatic heterocycles. The minimum absolute atomic E-state index is 0.285. The molecular formula is C11H11IN2O. The molecule has 1 aromatic rings. The van der Waals surface area contributed by atoms with E-state index in [0.717, 1.165) is 9.26 Å². The first kappa shape index (κ1) is 12.0. The molecule has 0 saturated carbocycles. The van der Waals surface area contributed by atoms with Crippen LogP contribution in [-0.4, -0.2) is 5.91 Å². The normalized spacial score (nSPS) is 10.5. The number of amides is 1. The van der Waals surface area contributed by atoms with Crippen LogP contribution in [-0.2, 0) is 4.79 Å². The number of carbonyl (C=O) groups excluding carboxylic acids is 1. The number of nitriles is 1. The lowest BCUT2D eigenvalue weighted by Gasteiger charge is -2.14. The molecule has 0 radical (unpaired) electrons. The first-order valence-corrected chi connectivity index (χ1v) is 5.52. The second kappa shape index (κ2) is 4.62. The van der Waals surface area contributed by atoms with Crippen molar-refractivity contribution < 1.29 is 4.79 Å². The summed E-state index contributed by atoms with van der Waals surface area (Å²) in [6, 6.07) is 9.41. The van der Waals surface area contributed by atoms with Crippen LogP contribution in [0.1, 0.15) is 13.8 Å². The van der Waals surface area contributed by atoms with Gasteiger partial charge >= 0.3 is 0 Å². The first-order chi connectivity index (χ1) is 6.95. The van der Waals surface area contributed by atoms with E-state index in [9.17, 15) is 4.79 Å². The molecule has 4 heteroatoms. The van der Waals surface area contributed by atoms with Gasteiger partial charge in [0.15, 0.2) is 0 Å². The van der Waals surface area contributed by atoms with Gasteiger partial charge in [0.05, 0.1) is 6.07 Å². The van der Waals surface area contributed by atoms with Gasteiger partial charge in [-0.3, -0.25) is 4.79 Å². The third kappa shape index (κ3) is 3.20. The standard InChI is InChI=1S/C11H11IN2O/c1-11(2,7-13)10(15)14-9-5-3-4-8(12)6-9/h3-6H,1-2H3,(H,14,15). The van der Waals surface area contributed by atoms with Gasteiger partial charge in [0.2, 0.25) is 5.91 Å². The lowest BCUT2D eigenvalue weighted by Crippen LogP contribution is -2.29. The molecule has 0 heterocycles. The highest BCUT2D eigenvalue weighted by Gasteiger charge is 2.27. The van der Waals surface area contributed by atoms with Gasteiger partial charge in [-0.05, 0) is 54.6 Å². The summed E-state index contributed by atoms with van der Waals surface area (Å²) in [6.45, 7) is 3.19. The Bertz CT molecular complexity index is 421. The average Bonchev–Trinajstić information content (AvgIpc) is 2.17. The smallest absolute Gasteiger partial charge is 0.244 e. The number of anilines is 1. The lowest BCUT2D eigenvalue weighted by atomic mass is 9.95. The second-order valence-corrected chi connectivity index (χ2v) is 4.95. The monoisotopic (exact) mass is 314 g/mol. The Hall–Kier alpha value is -1.09. The average molecular weight is 314 g/mol. The number of carbonyl (C=O) groups is 1. The van der Waals surface area contributed by atoms with Gasteiger partial charge in [-0.1, -0.05) is 6.07 Å². The summed E-state index contributed by atoms with van der Waals surface area (Å²) in [4.78, 5) is 11.6. The highest BCUT2D eigenvalue weighted by atomic mass is 127. The summed E-state index contributed by atoms with van der Waals surface area (Å²) in [5, 5.41) is 11.5. The topological polar surface area (TPSA) is 52.9 Å². The van der Waals surface area contributed by atoms with E-state index in [1.807, 2.05) is 24.3 Å². The van der Waals surface area contributed by atoms with Gasteiger partial charge < -0.3 is 5.32 Å². The molecule has 0 atom stereocenters. The maximum absolute atomic E-state index is 11.6. The van der Waals surface area contributed by atoms with E-state index < -0.39 is 5.41 Å². The van der Waals surface area contributed by atoms with E-state index in [4.69, 9.17) is 5.26 Å². The molecule has 0 unspecified atom stereocenters. The van der Waals surface area contributed by atoms with Gasteiger partial charge in [0.1, 0.15) is 5.41 Å². The number of hydrogen-bond donors (Lipinski definition) is 1. The van der Waals surface area contributed by atoms with Gasteiger partial charge in [0.25, 0.3) is 0 Å². The third-order valence-corrected chi connectivity index (χ3v) is 2.60. The Kier molecular flexibility index (Phi) is 3.69. The van der Waals surface area contributed by atoms with Crippen LogP contribution >= 0.6 is 22.6 Å². The summed E-state index contributed by atoms with van der Waals surface area (Å²) in [5.74, 6) is -0.285. The van der Waals surface area contributed by atoms with Crippen LogP contribution in [0, 0.1) is 20.3 Å². The Labute approximate surface area is 103 Å². The van der Waals surface area contributed by atoms with Crippen LogP contribution in [0.3, 0.4) is 0 Å². The molecule has 1 amide bonds. The zero-order valence-electron chi connectivity index (χ0n) is 8.54. The molecule has 0 aromatic heterocycles. The van der Waals surface area contributed by atoms with Crippen LogP contribution in [0.2, 0.25) is 0 Å². The fraction of sp³-hybridized carbons (Fsp3) is 0.273. The zero-order valence-corrected chi connectivity index (χ0v) is 10.7. The number of nitrogens with zero attached hydrogens (tertiary/aromatic N) is 1. The van der Waals surface area contributed by atoms with Crippen LogP contribution in [0.5, 0.6) is 0 Å². The van der Waals surface area contributed by atoms with Crippen molar-refractivity contribution in [1.82, 2.24) is 0 Å². The van der Waals surface area contributed by atoms with Crippen molar-refractivity contribution in [3.63, 3.8) is 0 Å². The lowest BCUT2D eigenvalue weighted by molar-refractivity contribution is -0.121. The molecule has 0 aliphatic rings. The summed E-state index contributed by atoms with van der Waals surface area (Å²) >= 11 is 2.17. The van der Waals surface area contributed by atoms with E-state index in [-0.39, 0.29) is 5.91 Å². The van der Waals surface area contributed by atoms with Crippen molar-refractivity contribution in [3.8, 4) is 6.07 Å². The SMILES string of the molecule is CC(C)(C#N)C(=O)Nc1cccc(I)c1. The van der Waals surface area contributed by atoms with E-state index in [1.165, 1.54) is 0 Å². The van der Waals surface area contributed by atoms with E-state index >= 15 is 0 Å². The molecule has 0 spiro atoms. The van der Waals surface area contributed by atoms with Crippen molar-refractivity contribution in [2.75, 3.05) is 5.32 Å². The van der Waals surface area contributed by atoms with Crippen LogP contribution in [0.15, 0.2) is 24.3 Å². The van der Waals surface area contributed by atoms with Crippen molar-refractivity contribution in [2.24, 2.45) is 5.41 Å². The molecule has 0 bridgehead atoms. The number of halogens is 1. The maximum Gasteiger partial charge on any atom is 0.244 e. The minimum atomic E-state index is -0.999. The molecule has 78 valence electrons. The van der Waals surface area contributed by atoms with E-state index in [2.05, 4.69) is 27.9 Å². The molecule has 3 nitrogen and oxygen atoms in total. The van der Waals surface area contributed by atoms with Gasteiger partial charge in [-0.15, -0.1) is 0 Å². The number of hydrogen-bond acceptors (Lipinski definition) is 2. The molecule has 0 saturated heterocycles. The van der Waals surface area contributed by atoms with Gasteiger partial charge in [0, 0.05) is 9.26 Å². The molecule has 1 rings (SSSR count). The van der Waals surface area contributed by atoms with Crippen molar-refractivity contribution >= 4 is 34.2 Å². The van der Waals surface area contributed by atoms with Gasteiger partial charge in [-0.25, -0.2) is 0 Å². The van der Waals surface area contributed by atoms with Crippen molar-refractivity contribution in [1.29, 1.82) is 5.26 Å². The van der Waals surface area contributed by atoms with Crippen molar-refractivity contribution in [2.45, 2.75) is 13.8 Å². The van der Waals surface area contributed by atoms with Gasteiger partial charge in [-0.2, -0.15) is 5.26 Å². The fourth-order valence-corrected chi connectivity index (χ4v) is 1.45. The molecule has 0 fully saturated rings. The Balaban J connectivity index is 2.81. The highest BCUT2D eigenvalue weighted by Crippen LogP contribution is 2.18. The highest BCUT2D eigenvalue weighted by molar-refractivity contribution is 14.1. The summed E-state index contributed by atoms with van der Waals surface area (Å²) in [5.41, 5.74) is -0.281. The predicted molar refractivity (Wildman–Crippen MR) is 67.2 cm³/mol. The zero-order chi connectivity index (χ0) is 11.5. The third-order valence-electron chi connectivity index (χ3n) is 1.93. The number of rotatable bonds is 2. The molecule has 15 heavy (non-hydrogen) atoms.